The number of rotatable bonds is 6. The Hall–Kier alpha value is -0.870. The van der Waals surface area contributed by atoms with Crippen LogP contribution in [0.2, 0.25) is 0 Å². The van der Waals surface area contributed by atoms with E-state index in [-0.39, 0.29) is 0 Å². The molecular weight excluding hydrogens is 268 g/mol. The molecule has 0 aromatic carbocycles. The largest absolute Gasteiger partial charge is 0.337 e. The van der Waals surface area contributed by atoms with Gasteiger partial charge in [-0.15, -0.1) is 11.3 Å². The Kier molecular flexibility index (Phi) is 6.05. The number of piperazine rings is 1. The zero-order valence-corrected chi connectivity index (χ0v) is 13.4. The van der Waals surface area contributed by atoms with Crippen LogP contribution in [0.5, 0.6) is 0 Å². The van der Waals surface area contributed by atoms with Crippen LogP contribution in [0.4, 0.5) is 0 Å². The molecule has 20 heavy (non-hydrogen) atoms. The van der Waals surface area contributed by atoms with E-state index in [1.54, 1.807) is 0 Å². The zero-order valence-electron chi connectivity index (χ0n) is 12.6. The Morgan fingerprint density at radius 1 is 1.40 bits per heavy atom. The number of hydrogen-bond donors (Lipinski definition) is 1. The third-order valence-electron chi connectivity index (χ3n) is 4.25. The smallest absolute Gasteiger partial charge is 0.222 e. The standard InChI is InChI=1S/C16H26N2OS/c1-13-14(2)18(11-10-17-13)16(19)9-5-3-4-7-15-8-6-12-20-15/h6,8,12-14,17H,3-5,7,9-11H2,1-2H3. The molecule has 0 bridgehead atoms. The number of unbranched alkanes of at least 4 members (excludes halogenated alkanes) is 2. The molecule has 2 unspecified atom stereocenters. The van der Waals surface area contributed by atoms with Gasteiger partial charge in [0, 0.05) is 36.5 Å². The van der Waals surface area contributed by atoms with Crippen molar-refractivity contribution >= 4 is 17.2 Å². The summed E-state index contributed by atoms with van der Waals surface area (Å²) in [6.07, 6.45) is 5.24. The quantitative estimate of drug-likeness (QED) is 0.818. The first-order chi connectivity index (χ1) is 9.68. The average molecular weight is 294 g/mol. The van der Waals surface area contributed by atoms with Gasteiger partial charge >= 0.3 is 0 Å². The summed E-state index contributed by atoms with van der Waals surface area (Å²) in [6, 6.07) is 5.03. The van der Waals surface area contributed by atoms with E-state index in [0.29, 0.717) is 24.4 Å². The maximum atomic E-state index is 12.2. The van der Waals surface area contributed by atoms with Gasteiger partial charge in [-0.3, -0.25) is 4.79 Å². The highest BCUT2D eigenvalue weighted by atomic mass is 32.1. The third-order valence-corrected chi connectivity index (χ3v) is 5.18. The van der Waals surface area contributed by atoms with Crippen molar-refractivity contribution in [3.8, 4) is 0 Å². The Bertz CT molecular complexity index is 405. The maximum Gasteiger partial charge on any atom is 0.222 e. The van der Waals surface area contributed by atoms with Crippen molar-refractivity contribution in [2.24, 2.45) is 0 Å². The molecule has 1 aromatic heterocycles. The highest BCUT2D eigenvalue weighted by Gasteiger charge is 2.27. The van der Waals surface area contributed by atoms with Crippen molar-refractivity contribution in [3.05, 3.63) is 22.4 Å². The highest BCUT2D eigenvalue weighted by Crippen LogP contribution is 2.15. The molecule has 1 amide bonds. The number of thiophene rings is 1. The third kappa shape index (κ3) is 4.32. The predicted molar refractivity (Wildman–Crippen MR) is 85.1 cm³/mol. The number of nitrogens with zero attached hydrogens (tertiary/aromatic N) is 1. The first-order valence-corrected chi connectivity index (χ1v) is 8.61. The summed E-state index contributed by atoms with van der Waals surface area (Å²) in [5.74, 6) is 0.335. The van der Waals surface area contributed by atoms with E-state index in [0.717, 1.165) is 32.4 Å². The van der Waals surface area contributed by atoms with Gasteiger partial charge in [-0.2, -0.15) is 0 Å². The van der Waals surface area contributed by atoms with E-state index in [1.165, 1.54) is 11.3 Å². The first-order valence-electron chi connectivity index (χ1n) is 7.73. The van der Waals surface area contributed by atoms with Crippen LogP contribution >= 0.6 is 11.3 Å². The van der Waals surface area contributed by atoms with Crippen LogP contribution in [-0.4, -0.2) is 36.0 Å². The van der Waals surface area contributed by atoms with Crippen LogP contribution in [0.3, 0.4) is 0 Å². The van der Waals surface area contributed by atoms with Crippen LogP contribution in [-0.2, 0) is 11.2 Å². The monoisotopic (exact) mass is 294 g/mol. The minimum Gasteiger partial charge on any atom is -0.337 e. The number of aryl methyl sites for hydroxylation is 1. The minimum absolute atomic E-state index is 0.322. The number of carbonyl (C=O) groups is 1. The summed E-state index contributed by atoms with van der Waals surface area (Å²) in [6.45, 7) is 6.09. The molecule has 1 saturated heterocycles. The Morgan fingerprint density at radius 2 is 2.25 bits per heavy atom. The van der Waals surface area contributed by atoms with E-state index < -0.39 is 0 Å². The molecule has 0 spiro atoms. The fraction of sp³-hybridized carbons (Fsp3) is 0.688. The first kappa shape index (κ1) is 15.5. The maximum absolute atomic E-state index is 12.2. The van der Waals surface area contributed by atoms with Crippen molar-refractivity contribution < 1.29 is 4.79 Å². The fourth-order valence-electron chi connectivity index (χ4n) is 2.76. The van der Waals surface area contributed by atoms with Crippen LogP contribution < -0.4 is 5.32 Å². The van der Waals surface area contributed by atoms with Crippen LogP contribution in [0.1, 0.15) is 44.4 Å². The summed E-state index contributed by atoms with van der Waals surface area (Å²) in [4.78, 5) is 15.8. The SMILES string of the molecule is CC1NCCN(C(=O)CCCCCc2cccs2)C1C. The summed E-state index contributed by atoms with van der Waals surface area (Å²) in [5.41, 5.74) is 0. The number of hydrogen-bond acceptors (Lipinski definition) is 3. The van der Waals surface area contributed by atoms with Crippen molar-refractivity contribution in [1.82, 2.24) is 10.2 Å². The molecule has 1 aliphatic heterocycles. The molecular formula is C16H26N2OS. The van der Waals surface area contributed by atoms with E-state index >= 15 is 0 Å². The number of carbonyl (C=O) groups excluding carboxylic acids is 1. The molecule has 4 heteroatoms. The fourth-order valence-corrected chi connectivity index (χ4v) is 3.51. The second-order valence-corrected chi connectivity index (χ2v) is 6.74. The normalized spacial score (nSPS) is 23.0. The van der Waals surface area contributed by atoms with Gasteiger partial charge < -0.3 is 10.2 Å². The molecule has 1 N–H and O–H groups in total. The van der Waals surface area contributed by atoms with E-state index in [1.807, 2.05) is 11.3 Å². The molecule has 2 rings (SSSR count). The zero-order chi connectivity index (χ0) is 14.4. The summed E-state index contributed by atoms with van der Waals surface area (Å²) >= 11 is 1.83. The van der Waals surface area contributed by atoms with E-state index in [9.17, 15) is 4.79 Å². The Labute approximate surface area is 126 Å². The van der Waals surface area contributed by atoms with Crippen molar-refractivity contribution in [2.45, 2.75) is 58.0 Å². The molecule has 1 aliphatic rings. The number of amides is 1. The van der Waals surface area contributed by atoms with Crippen molar-refractivity contribution in [1.29, 1.82) is 0 Å². The lowest BCUT2D eigenvalue weighted by atomic mass is 10.1. The average Bonchev–Trinajstić information content (AvgIpc) is 2.94. The Morgan fingerprint density at radius 3 is 3.00 bits per heavy atom. The van der Waals surface area contributed by atoms with Crippen LogP contribution in [0.25, 0.3) is 0 Å². The van der Waals surface area contributed by atoms with E-state index in [4.69, 9.17) is 0 Å². The molecule has 1 fully saturated rings. The topological polar surface area (TPSA) is 32.3 Å². The lowest BCUT2D eigenvalue weighted by molar-refractivity contribution is -0.135. The van der Waals surface area contributed by atoms with Gasteiger partial charge in [-0.05, 0) is 44.6 Å². The Balaban J connectivity index is 1.62. The molecule has 3 nitrogen and oxygen atoms in total. The van der Waals surface area contributed by atoms with Crippen molar-refractivity contribution in [3.63, 3.8) is 0 Å². The van der Waals surface area contributed by atoms with Gasteiger partial charge in [-0.1, -0.05) is 12.5 Å². The highest BCUT2D eigenvalue weighted by molar-refractivity contribution is 7.09. The van der Waals surface area contributed by atoms with Gasteiger partial charge in [0.25, 0.3) is 0 Å². The summed E-state index contributed by atoms with van der Waals surface area (Å²) < 4.78 is 0. The lowest BCUT2D eigenvalue weighted by Crippen LogP contribution is -2.57. The second-order valence-electron chi connectivity index (χ2n) is 5.71. The van der Waals surface area contributed by atoms with Gasteiger partial charge in [0.05, 0.1) is 0 Å². The second kappa shape index (κ2) is 7.79. The minimum atomic E-state index is 0.322. The molecule has 2 heterocycles. The van der Waals surface area contributed by atoms with Crippen LogP contribution in [0, 0.1) is 0 Å². The molecule has 112 valence electrons. The lowest BCUT2D eigenvalue weighted by Gasteiger charge is -2.38. The van der Waals surface area contributed by atoms with Gasteiger partial charge in [-0.25, -0.2) is 0 Å². The molecule has 0 aliphatic carbocycles. The number of nitrogens with one attached hydrogen (secondary N) is 1. The summed E-state index contributed by atoms with van der Waals surface area (Å²) in [5, 5.41) is 5.55. The molecule has 0 radical (unpaired) electrons. The molecule has 1 aromatic rings. The molecule has 0 saturated carbocycles. The predicted octanol–water partition coefficient (Wildman–Crippen LogP) is 3.06. The summed E-state index contributed by atoms with van der Waals surface area (Å²) in [7, 11) is 0. The van der Waals surface area contributed by atoms with Crippen LogP contribution in [0.15, 0.2) is 17.5 Å². The molecule has 2 atom stereocenters. The van der Waals surface area contributed by atoms with E-state index in [2.05, 4.69) is 41.6 Å². The van der Waals surface area contributed by atoms with Gasteiger partial charge in [0.1, 0.15) is 0 Å². The van der Waals surface area contributed by atoms with Gasteiger partial charge in [0.2, 0.25) is 5.91 Å². The van der Waals surface area contributed by atoms with Gasteiger partial charge in [0.15, 0.2) is 0 Å². The van der Waals surface area contributed by atoms with Crippen molar-refractivity contribution in [2.75, 3.05) is 13.1 Å².